The topological polar surface area (TPSA) is 10.9 Å². The van der Waals surface area contributed by atoms with Gasteiger partial charge >= 0.3 is 0 Å². The van der Waals surface area contributed by atoms with Gasteiger partial charge in [-0.3, -0.25) is 0 Å². The third-order valence-electron chi connectivity index (χ3n) is 13.4. The van der Waals surface area contributed by atoms with Gasteiger partial charge in [-0.2, -0.15) is 0 Å². The van der Waals surface area contributed by atoms with Gasteiger partial charge in [0.15, 0.2) is 0 Å². The fraction of sp³-hybridized carbons (Fsp3) is 0.207. The molecule has 3 nitrogen and oxygen atoms in total. The molecule has 10 aromatic rings. The number of hydrogen-bond donors (Lipinski definition) is 0. The number of aromatic nitrogens is 1. The van der Waals surface area contributed by atoms with Gasteiger partial charge in [-0.25, -0.2) is 0 Å². The van der Waals surface area contributed by atoms with Crippen LogP contribution in [0.4, 0.5) is 34.1 Å². The molecular weight excluding hydrogens is 795 g/mol. The number of para-hydroxylation sites is 1. The zero-order chi connectivity index (χ0) is 43.9. The Labute approximate surface area is 375 Å². The molecule has 10 rings (SSSR count). The minimum absolute atomic E-state index is 0.465. The van der Waals surface area contributed by atoms with Crippen LogP contribution in [-0.4, -0.2) is 20.5 Å². The summed E-state index contributed by atoms with van der Waals surface area (Å²) >= 11 is 0. The van der Waals surface area contributed by atoms with Gasteiger partial charge in [-0.1, -0.05) is 156 Å². The zero-order valence-electron chi connectivity index (χ0n) is 38.6. The molecule has 0 saturated carbocycles. The van der Waals surface area contributed by atoms with Gasteiger partial charge in [0.25, 0.3) is 0 Å². The van der Waals surface area contributed by atoms with Gasteiger partial charge in [0, 0.05) is 50.0 Å². The summed E-state index contributed by atoms with van der Waals surface area (Å²) in [5.41, 5.74) is 13.5. The maximum Gasteiger partial charge on any atom is 0.0775 e. The van der Waals surface area contributed by atoms with Gasteiger partial charge in [-0.15, -0.1) is 0 Å². The van der Waals surface area contributed by atoms with Crippen molar-refractivity contribution in [3.05, 3.63) is 175 Å². The normalized spacial score (nSPS) is 12.6. The summed E-state index contributed by atoms with van der Waals surface area (Å²) in [7, 11) is -2.94. The molecule has 0 aliphatic rings. The fourth-order valence-corrected chi connectivity index (χ4v) is 12.0. The first-order chi connectivity index (χ1) is 30.2. The molecule has 0 amide bonds. The Hall–Kier alpha value is -6.15. The van der Waals surface area contributed by atoms with E-state index < -0.39 is 16.1 Å². The number of anilines is 6. The molecule has 0 fully saturated rings. The third kappa shape index (κ3) is 7.12. The van der Waals surface area contributed by atoms with Crippen molar-refractivity contribution in [3.63, 3.8) is 0 Å². The molecule has 2 aromatic heterocycles. The minimum atomic E-state index is -1.49. The Morgan fingerprint density at radius 2 is 0.889 bits per heavy atom. The molecule has 0 aliphatic heterocycles. The number of hydrogen-bond acceptors (Lipinski definition) is 2. The van der Waals surface area contributed by atoms with Gasteiger partial charge < -0.3 is 14.2 Å². The first-order valence-corrected chi connectivity index (χ1v) is 29.8. The monoisotopic (exact) mass is 853 g/mol. The summed E-state index contributed by atoms with van der Waals surface area (Å²) < 4.78 is 2.54. The summed E-state index contributed by atoms with van der Waals surface area (Å²) in [6.07, 6.45) is 0. The van der Waals surface area contributed by atoms with Crippen molar-refractivity contribution in [2.24, 2.45) is 0 Å². The van der Waals surface area contributed by atoms with Crippen molar-refractivity contribution in [3.8, 4) is 0 Å². The van der Waals surface area contributed by atoms with E-state index in [-0.39, 0.29) is 0 Å². The van der Waals surface area contributed by atoms with E-state index in [1.54, 1.807) is 0 Å². The van der Waals surface area contributed by atoms with Crippen molar-refractivity contribution in [2.45, 2.75) is 78.8 Å². The molecule has 5 heteroatoms. The van der Waals surface area contributed by atoms with Crippen LogP contribution in [0.3, 0.4) is 0 Å². The quantitative estimate of drug-likeness (QED) is 0.127. The number of rotatable bonds is 10. The van der Waals surface area contributed by atoms with Gasteiger partial charge in [0.2, 0.25) is 0 Å². The second-order valence-electron chi connectivity index (χ2n) is 20.4. The molecule has 2 heterocycles. The molecule has 0 radical (unpaired) electrons. The highest BCUT2D eigenvalue weighted by Crippen LogP contribution is 2.48. The van der Waals surface area contributed by atoms with Crippen molar-refractivity contribution >= 4 is 110 Å². The predicted octanol–water partition coefficient (Wildman–Crippen LogP) is 16.3. The van der Waals surface area contributed by atoms with Crippen LogP contribution in [0.5, 0.6) is 0 Å². The second-order valence-corrected chi connectivity index (χ2v) is 30.5. The maximum absolute atomic E-state index is 2.54. The molecule has 0 atom stereocenters. The molecule has 0 bridgehead atoms. The first-order valence-electron chi connectivity index (χ1n) is 22.8. The molecule has 0 saturated heterocycles. The van der Waals surface area contributed by atoms with E-state index in [1.807, 2.05) is 0 Å². The Morgan fingerprint density at radius 1 is 0.397 bits per heavy atom. The second kappa shape index (κ2) is 15.3. The molecule has 8 aromatic carbocycles. The smallest absolute Gasteiger partial charge is 0.0775 e. The summed E-state index contributed by atoms with van der Waals surface area (Å²) in [4.78, 5) is 4.91. The van der Waals surface area contributed by atoms with E-state index in [9.17, 15) is 0 Å². The summed E-state index contributed by atoms with van der Waals surface area (Å²) in [6, 6.07) is 62.7. The third-order valence-corrected chi connectivity index (χ3v) is 17.5. The average molecular weight is 854 g/mol. The van der Waals surface area contributed by atoms with E-state index in [0.717, 1.165) is 11.4 Å². The van der Waals surface area contributed by atoms with E-state index in [2.05, 4.69) is 245 Å². The van der Waals surface area contributed by atoms with E-state index >= 15 is 0 Å². The Morgan fingerprint density at radius 3 is 1.41 bits per heavy atom. The predicted molar refractivity (Wildman–Crippen MR) is 282 cm³/mol. The van der Waals surface area contributed by atoms with Crippen LogP contribution in [0.25, 0.3) is 48.9 Å². The fourth-order valence-electron chi connectivity index (χ4n) is 9.66. The van der Waals surface area contributed by atoms with Crippen LogP contribution in [0.1, 0.15) is 50.7 Å². The van der Waals surface area contributed by atoms with Crippen LogP contribution in [0, 0.1) is 0 Å². The molecule has 63 heavy (non-hydrogen) atoms. The summed E-state index contributed by atoms with van der Waals surface area (Å²) in [5, 5.41) is 10.5. The van der Waals surface area contributed by atoms with Crippen molar-refractivity contribution in [1.82, 2.24) is 4.40 Å². The Balaban J connectivity index is 1.18. The highest BCUT2D eigenvalue weighted by atomic mass is 28.3. The number of nitrogens with zero attached hydrogens (tertiary/aromatic N) is 3. The summed E-state index contributed by atoms with van der Waals surface area (Å²) in [5.74, 6) is 0.941. The van der Waals surface area contributed by atoms with E-state index in [0.29, 0.717) is 11.8 Å². The molecule has 314 valence electrons. The van der Waals surface area contributed by atoms with Gasteiger partial charge in [-0.05, 0) is 119 Å². The average Bonchev–Trinajstić information content (AvgIpc) is 3.78. The van der Waals surface area contributed by atoms with Crippen molar-refractivity contribution in [2.75, 3.05) is 9.80 Å². The zero-order valence-corrected chi connectivity index (χ0v) is 40.6. The van der Waals surface area contributed by atoms with Crippen LogP contribution in [-0.2, 0) is 0 Å². The molecular formula is C58H59N3Si2. The van der Waals surface area contributed by atoms with E-state index in [4.69, 9.17) is 0 Å². The lowest BCUT2D eigenvalue weighted by atomic mass is 10.0. The Bertz CT molecular complexity index is 3270. The maximum atomic E-state index is 2.54. The SMILES string of the molecule is CC(C)c1ccc(N(c2ccc([Si](C)(C)C)cc2)c2ccc3cc4c5ccc(N(c6ccc(C(C)C)cc6)c6ccc([Si](C)(C)C)cc6)c6c7ccccc7n(c4cc3c2)c56)cc1. The number of fused-ring (bicyclic) bond motifs is 7. The van der Waals surface area contributed by atoms with Crippen LogP contribution in [0.15, 0.2) is 164 Å². The highest BCUT2D eigenvalue weighted by molar-refractivity contribution is 6.89. The number of benzene rings is 8. The van der Waals surface area contributed by atoms with Crippen LogP contribution in [0.2, 0.25) is 39.3 Å². The lowest BCUT2D eigenvalue weighted by Crippen LogP contribution is -2.37. The molecule has 0 unspecified atom stereocenters. The largest absolute Gasteiger partial charge is 0.310 e. The van der Waals surface area contributed by atoms with Gasteiger partial charge in [0.05, 0.1) is 38.4 Å². The first kappa shape index (κ1) is 40.9. The van der Waals surface area contributed by atoms with Gasteiger partial charge in [0.1, 0.15) is 0 Å². The van der Waals surface area contributed by atoms with Crippen molar-refractivity contribution in [1.29, 1.82) is 0 Å². The minimum Gasteiger partial charge on any atom is -0.310 e. The molecule has 0 N–H and O–H groups in total. The lowest BCUT2D eigenvalue weighted by Gasteiger charge is -2.28. The van der Waals surface area contributed by atoms with Crippen LogP contribution >= 0.6 is 0 Å². The summed E-state index contributed by atoms with van der Waals surface area (Å²) in [6.45, 7) is 23.6. The Kier molecular flexibility index (Phi) is 9.92. The van der Waals surface area contributed by atoms with E-state index in [1.165, 1.54) is 93.1 Å². The van der Waals surface area contributed by atoms with Crippen molar-refractivity contribution < 1.29 is 0 Å². The highest BCUT2D eigenvalue weighted by Gasteiger charge is 2.26. The lowest BCUT2D eigenvalue weighted by molar-refractivity contribution is 0.866. The standard InChI is InChI=1S/C58H59N3Si2/c1-38(2)40-15-20-44(21-16-40)59(45-25-29-49(30-26-45)62(5,6)7)48-24-19-42-36-53-51-33-34-55(57-52-13-11-12-14-54(52)61(58(51)57)56(53)37-43(42)35-48)60(46-22-17-41(18-23-46)39(3)4)47-27-31-50(32-28-47)63(8,9)10/h11-39H,1-10H3. The molecule has 0 aliphatic carbocycles. The van der Waals surface area contributed by atoms with Crippen LogP contribution < -0.4 is 20.2 Å². The molecule has 0 spiro atoms.